The van der Waals surface area contributed by atoms with Crippen molar-refractivity contribution in [1.29, 1.82) is 0 Å². The Hall–Kier alpha value is -1.28. The van der Waals surface area contributed by atoms with E-state index < -0.39 is 18.2 Å². The van der Waals surface area contributed by atoms with Crippen LogP contribution in [-0.4, -0.2) is 37.9 Å². The third-order valence-corrected chi connectivity index (χ3v) is 7.49. The standard InChI is InChI=1S/C27H37IO4/c1-3-4-10-20(2)24(29)14-13-22-23-17-21(11-6-7-12-26(31)32)18-27(23,19-25(22)30)15-8-5-9-16-28/h11,13-14,20,22-25,29-30H,5-7,9-10,12,16-19H2,1-2H3,(H,31,32)/b14-13+,21-11+/t20?,22-,23-,24-,25-,27+/m1/s1. The summed E-state index contributed by atoms with van der Waals surface area (Å²) in [4.78, 5) is 10.8. The molecule has 2 fully saturated rings. The van der Waals surface area contributed by atoms with E-state index >= 15 is 0 Å². The van der Waals surface area contributed by atoms with Crippen LogP contribution in [-0.2, 0) is 4.79 Å². The van der Waals surface area contributed by atoms with Crippen molar-refractivity contribution in [2.45, 2.75) is 83.8 Å². The van der Waals surface area contributed by atoms with Gasteiger partial charge < -0.3 is 15.3 Å². The average molecular weight is 552 g/mol. The number of aliphatic carboxylic acids is 1. The van der Waals surface area contributed by atoms with Gasteiger partial charge in [0.15, 0.2) is 0 Å². The SMILES string of the molecule is CC#CCC(C)[C@H](O)/C=C/[C@H]1[C@H](O)C[C@]2(C#CCCCI)C/C(=C/CCCC(=O)O)C[C@H]12. The smallest absolute Gasteiger partial charge is 0.303 e. The van der Waals surface area contributed by atoms with Crippen molar-refractivity contribution in [2.24, 2.45) is 23.2 Å². The molecule has 0 spiro atoms. The van der Waals surface area contributed by atoms with Crippen LogP contribution in [0.3, 0.4) is 0 Å². The Morgan fingerprint density at radius 2 is 2.12 bits per heavy atom. The van der Waals surface area contributed by atoms with Crippen LogP contribution in [0.2, 0.25) is 0 Å². The van der Waals surface area contributed by atoms with E-state index in [-0.39, 0.29) is 29.6 Å². The molecular weight excluding hydrogens is 515 g/mol. The number of fused-ring (bicyclic) bond motifs is 1. The molecule has 0 saturated heterocycles. The molecular formula is C27H37IO4. The topological polar surface area (TPSA) is 77.8 Å². The molecule has 3 N–H and O–H groups in total. The molecule has 1 unspecified atom stereocenters. The molecule has 6 atom stereocenters. The van der Waals surface area contributed by atoms with Gasteiger partial charge in [-0.05, 0) is 57.3 Å². The zero-order valence-corrected chi connectivity index (χ0v) is 21.5. The molecule has 0 bridgehead atoms. The molecule has 0 aromatic rings. The van der Waals surface area contributed by atoms with Gasteiger partial charge in [-0.3, -0.25) is 4.79 Å². The third-order valence-electron chi connectivity index (χ3n) is 6.73. The zero-order valence-electron chi connectivity index (χ0n) is 19.3. The van der Waals surface area contributed by atoms with Crippen molar-refractivity contribution < 1.29 is 20.1 Å². The van der Waals surface area contributed by atoms with E-state index in [1.54, 1.807) is 6.92 Å². The molecule has 0 aromatic carbocycles. The molecule has 0 aliphatic heterocycles. The van der Waals surface area contributed by atoms with E-state index in [9.17, 15) is 15.0 Å². The van der Waals surface area contributed by atoms with Gasteiger partial charge in [-0.25, -0.2) is 0 Å². The lowest BCUT2D eigenvalue weighted by Gasteiger charge is -2.24. The van der Waals surface area contributed by atoms with E-state index in [0.29, 0.717) is 19.3 Å². The number of aliphatic hydroxyl groups excluding tert-OH is 2. The Morgan fingerprint density at radius 3 is 2.81 bits per heavy atom. The summed E-state index contributed by atoms with van der Waals surface area (Å²) < 4.78 is 1.09. The van der Waals surface area contributed by atoms with E-state index in [0.717, 1.165) is 36.5 Å². The lowest BCUT2D eigenvalue weighted by molar-refractivity contribution is -0.137. The number of allylic oxidation sites excluding steroid dienone is 2. The number of aliphatic hydroxyl groups is 2. The predicted molar refractivity (Wildman–Crippen MR) is 137 cm³/mol. The predicted octanol–water partition coefficient (Wildman–Crippen LogP) is 5.13. The number of hydrogen-bond acceptors (Lipinski definition) is 3. The zero-order chi connectivity index (χ0) is 23.6. The highest BCUT2D eigenvalue weighted by Gasteiger charge is 2.55. The second kappa shape index (κ2) is 13.4. The van der Waals surface area contributed by atoms with Gasteiger partial charge in [0.2, 0.25) is 0 Å². The van der Waals surface area contributed by atoms with Crippen LogP contribution in [0.5, 0.6) is 0 Å². The van der Waals surface area contributed by atoms with Crippen LogP contribution < -0.4 is 0 Å². The maximum Gasteiger partial charge on any atom is 0.303 e. The van der Waals surface area contributed by atoms with Crippen LogP contribution in [0.15, 0.2) is 23.8 Å². The minimum Gasteiger partial charge on any atom is -0.481 e. The van der Waals surface area contributed by atoms with Crippen molar-refractivity contribution in [3.63, 3.8) is 0 Å². The fourth-order valence-electron chi connectivity index (χ4n) is 4.97. The first-order valence-corrected chi connectivity index (χ1v) is 13.2. The normalized spacial score (nSPS) is 29.8. The summed E-state index contributed by atoms with van der Waals surface area (Å²) in [5.41, 5.74) is 1.11. The summed E-state index contributed by atoms with van der Waals surface area (Å²) in [7, 11) is 0. The maximum absolute atomic E-state index is 10.9. The number of unbranched alkanes of at least 4 members (excludes halogenated alkanes) is 2. The molecule has 4 nitrogen and oxygen atoms in total. The van der Waals surface area contributed by atoms with E-state index in [1.165, 1.54) is 5.57 Å². The number of carbonyl (C=O) groups is 1. The number of carboxylic acid groups (broad SMARTS) is 1. The first-order valence-electron chi connectivity index (χ1n) is 11.7. The van der Waals surface area contributed by atoms with Gasteiger partial charge in [-0.15, -0.1) is 17.8 Å². The van der Waals surface area contributed by atoms with Gasteiger partial charge in [-0.1, -0.05) is 59.2 Å². The van der Waals surface area contributed by atoms with Gasteiger partial charge >= 0.3 is 5.97 Å². The second-order valence-corrected chi connectivity index (χ2v) is 10.3. The summed E-state index contributed by atoms with van der Waals surface area (Å²) in [5.74, 6) is 12.3. The van der Waals surface area contributed by atoms with Crippen LogP contribution in [0.25, 0.3) is 0 Å². The highest BCUT2D eigenvalue weighted by atomic mass is 127. The Balaban J connectivity index is 2.17. The Bertz CT molecular complexity index is 809. The number of rotatable bonds is 10. The minimum absolute atomic E-state index is 0.0297. The highest BCUT2D eigenvalue weighted by Crippen LogP contribution is 2.59. The number of alkyl halides is 1. The quantitative estimate of drug-likeness (QED) is 0.116. The summed E-state index contributed by atoms with van der Waals surface area (Å²) >= 11 is 2.37. The average Bonchev–Trinajstić information content (AvgIpc) is 3.22. The van der Waals surface area contributed by atoms with Gasteiger partial charge in [0.1, 0.15) is 0 Å². The second-order valence-electron chi connectivity index (χ2n) is 9.22. The van der Waals surface area contributed by atoms with Gasteiger partial charge in [0.25, 0.3) is 0 Å². The van der Waals surface area contributed by atoms with Gasteiger partial charge in [0, 0.05) is 35.0 Å². The molecule has 5 heteroatoms. The summed E-state index contributed by atoms with van der Waals surface area (Å²) in [5, 5.41) is 30.3. The summed E-state index contributed by atoms with van der Waals surface area (Å²) in [6, 6.07) is 0. The molecule has 2 aliphatic carbocycles. The van der Waals surface area contributed by atoms with Gasteiger partial charge in [-0.2, -0.15) is 0 Å². The highest BCUT2D eigenvalue weighted by molar-refractivity contribution is 14.1. The van der Waals surface area contributed by atoms with Crippen molar-refractivity contribution >= 4 is 28.6 Å². The molecule has 2 aliphatic rings. The lowest BCUT2D eigenvalue weighted by atomic mass is 9.78. The molecule has 0 radical (unpaired) electrons. The number of hydrogen-bond donors (Lipinski definition) is 3. The first-order chi connectivity index (χ1) is 15.3. The fraction of sp³-hybridized carbons (Fsp3) is 0.667. The Labute approximate surface area is 207 Å². The van der Waals surface area contributed by atoms with Gasteiger partial charge in [0.05, 0.1) is 12.2 Å². The van der Waals surface area contributed by atoms with Crippen LogP contribution in [0, 0.1) is 46.9 Å². The number of halogens is 1. The third kappa shape index (κ3) is 7.65. The van der Waals surface area contributed by atoms with Crippen molar-refractivity contribution in [3.05, 3.63) is 23.8 Å². The van der Waals surface area contributed by atoms with E-state index in [2.05, 4.69) is 52.3 Å². The van der Waals surface area contributed by atoms with Crippen molar-refractivity contribution in [1.82, 2.24) is 0 Å². The van der Waals surface area contributed by atoms with Crippen LogP contribution in [0.4, 0.5) is 0 Å². The fourth-order valence-corrected chi connectivity index (χ4v) is 5.35. The monoisotopic (exact) mass is 552 g/mol. The molecule has 2 saturated carbocycles. The van der Waals surface area contributed by atoms with Crippen LogP contribution >= 0.6 is 22.6 Å². The van der Waals surface area contributed by atoms with Crippen molar-refractivity contribution in [3.8, 4) is 23.7 Å². The van der Waals surface area contributed by atoms with Crippen molar-refractivity contribution in [2.75, 3.05) is 4.43 Å². The number of carboxylic acids is 1. The molecule has 2 rings (SSSR count). The largest absolute Gasteiger partial charge is 0.481 e. The maximum atomic E-state index is 10.9. The Morgan fingerprint density at radius 1 is 1.34 bits per heavy atom. The molecule has 32 heavy (non-hydrogen) atoms. The molecule has 176 valence electrons. The molecule has 0 amide bonds. The van der Waals surface area contributed by atoms with E-state index in [4.69, 9.17) is 5.11 Å². The summed E-state index contributed by atoms with van der Waals surface area (Å²) in [6.07, 6.45) is 11.6. The van der Waals surface area contributed by atoms with E-state index in [1.807, 2.05) is 19.1 Å². The minimum atomic E-state index is -0.754. The van der Waals surface area contributed by atoms with Crippen LogP contribution in [0.1, 0.15) is 71.6 Å². The lowest BCUT2D eigenvalue weighted by Crippen LogP contribution is -2.21. The summed E-state index contributed by atoms with van der Waals surface area (Å²) in [6.45, 7) is 3.79. The first kappa shape index (κ1) is 27.0. The Kier molecular flexibility index (Phi) is 11.3. The molecule has 0 heterocycles. The molecule has 0 aromatic heterocycles.